The van der Waals surface area contributed by atoms with Crippen LogP contribution in [0.3, 0.4) is 0 Å². The fraction of sp³-hybridized carbons (Fsp3) is 0.440. The lowest BCUT2D eigenvalue weighted by Gasteiger charge is -2.21. The van der Waals surface area contributed by atoms with Crippen molar-refractivity contribution in [3.8, 4) is 11.5 Å². The van der Waals surface area contributed by atoms with Gasteiger partial charge in [0.05, 0.1) is 31.5 Å². The Morgan fingerprint density at radius 2 is 1.83 bits per heavy atom. The lowest BCUT2D eigenvalue weighted by molar-refractivity contribution is -0.0138. The van der Waals surface area contributed by atoms with E-state index in [0.717, 1.165) is 22.2 Å². The van der Waals surface area contributed by atoms with E-state index in [1.807, 2.05) is 25.5 Å². The van der Waals surface area contributed by atoms with Crippen LogP contribution in [0.4, 0.5) is 21.6 Å². The van der Waals surface area contributed by atoms with E-state index in [2.05, 4.69) is 15.3 Å². The predicted molar refractivity (Wildman–Crippen MR) is 137 cm³/mol. The number of anilines is 2. The number of halogens is 1. The van der Waals surface area contributed by atoms with Crippen LogP contribution in [0.2, 0.25) is 0 Å². The van der Waals surface area contributed by atoms with Crippen LogP contribution < -0.4 is 14.8 Å². The molecule has 2 aliphatic heterocycles. The fourth-order valence-corrected chi connectivity index (χ4v) is 5.24. The van der Waals surface area contributed by atoms with Crippen molar-refractivity contribution in [2.24, 2.45) is 4.36 Å². The second-order valence-electron chi connectivity index (χ2n) is 8.83. The summed E-state index contributed by atoms with van der Waals surface area (Å²) >= 11 is 0. The molecule has 36 heavy (non-hydrogen) atoms. The quantitative estimate of drug-likeness (QED) is 0.502. The number of ether oxygens (including phenoxy) is 5. The van der Waals surface area contributed by atoms with E-state index in [1.165, 1.54) is 18.5 Å². The minimum Gasteiger partial charge on any atom is -0.494 e. The molecule has 0 bridgehead atoms. The lowest BCUT2D eigenvalue weighted by Crippen LogP contribution is -2.35. The SMILES string of the molecule is COc1c(N=S(C)C)cc2ncnc(Nc3ccc(F)cc3OC3CO[C@@H]4C(OC)CO[C@H]34)c2c1C. The predicted octanol–water partition coefficient (Wildman–Crippen LogP) is 4.08. The van der Waals surface area contributed by atoms with Gasteiger partial charge in [-0.2, -0.15) is 0 Å². The number of nitrogens with zero attached hydrogens (tertiary/aromatic N) is 3. The average molecular weight is 517 g/mol. The molecule has 0 radical (unpaired) electrons. The van der Waals surface area contributed by atoms with E-state index in [-0.39, 0.29) is 29.0 Å². The molecule has 3 aromatic rings. The standard InChI is InChI=1S/C25H29FN4O5S/c1-13-21-16(9-17(22(13)32-3)30-36(4)5)27-12-28-25(21)29-15-7-6-14(26)8-18(15)35-20-11-34-23-19(31-2)10-33-24(20)23/h6-9,12,19-20,23-24H,10-11H2,1-5H3,(H,27,28,29)/t19?,20?,23-,24-/m1/s1. The van der Waals surface area contributed by atoms with Gasteiger partial charge >= 0.3 is 0 Å². The van der Waals surface area contributed by atoms with E-state index in [9.17, 15) is 4.39 Å². The summed E-state index contributed by atoms with van der Waals surface area (Å²) in [5.41, 5.74) is 2.87. The summed E-state index contributed by atoms with van der Waals surface area (Å²) in [5.74, 6) is 1.12. The van der Waals surface area contributed by atoms with Gasteiger partial charge in [-0.05, 0) is 37.6 Å². The Hall–Kier alpha value is -2.86. The largest absolute Gasteiger partial charge is 0.494 e. The normalized spacial score (nSPS) is 23.2. The molecule has 1 aromatic heterocycles. The van der Waals surface area contributed by atoms with Crippen molar-refractivity contribution in [3.63, 3.8) is 0 Å². The summed E-state index contributed by atoms with van der Waals surface area (Å²) in [7, 11) is 3.08. The smallest absolute Gasteiger partial charge is 0.151 e. The van der Waals surface area contributed by atoms with Crippen molar-refractivity contribution in [1.82, 2.24) is 9.97 Å². The van der Waals surface area contributed by atoms with Crippen LogP contribution in [0, 0.1) is 12.7 Å². The highest BCUT2D eigenvalue weighted by atomic mass is 32.2. The minimum absolute atomic E-state index is 0.146. The van der Waals surface area contributed by atoms with Crippen LogP contribution in [0.5, 0.6) is 11.5 Å². The first kappa shape index (κ1) is 24.8. The average Bonchev–Trinajstić information content (AvgIpc) is 3.43. The van der Waals surface area contributed by atoms with Crippen LogP contribution in [0.15, 0.2) is 35.0 Å². The molecule has 3 heterocycles. The third-order valence-corrected chi connectivity index (χ3v) is 6.89. The van der Waals surface area contributed by atoms with E-state index < -0.39 is 11.9 Å². The molecular weight excluding hydrogens is 487 g/mol. The van der Waals surface area contributed by atoms with Crippen molar-refractivity contribution in [3.05, 3.63) is 42.0 Å². The molecule has 0 spiro atoms. The molecule has 2 fully saturated rings. The Balaban J connectivity index is 1.50. The number of nitrogens with one attached hydrogen (secondary N) is 1. The molecule has 0 saturated carbocycles. The number of hydrogen-bond donors (Lipinski definition) is 1. The van der Waals surface area contributed by atoms with Crippen molar-refractivity contribution in [2.75, 3.05) is 45.3 Å². The van der Waals surface area contributed by atoms with Gasteiger partial charge in [-0.3, -0.25) is 0 Å². The third-order valence-electron chi connectivity index (χ3n) is 6.32. The summed E-state index contributed by atoms with van der Waals surface area (Å²) in [4.78, 5) is 8.94. The van der Waals surface area contributed by atoms with E-state index in [4.69, 9.17) is 28.0 Å². The number of fused-ring (bicyclic) bond motifs is 2. The molecule has 2 saturated heterocycles. The Bertz CT molecular complexity index is 1320. The molecule has 2 unspecified atom stereocenters. The maximum atomic E-state index is 14.3. The summed E-state index contributed by atoms with van der Waals surface area (Å²) < 4.78 is 48.0. The van der Waals surface area contributed by atoms with Gasteiger partial charge in [0.15, 0.2) is 6.10 Å². The molecule has 9 nitrogen and oxygen atoms in total. The Kier molecular flexibility index (Phi) is 7.07. The first-order chi connectivity index (χ1) is 17.4. The molecule has 192 valence electrons. The van der Waals surface area contributed by atoms with Crippen LogP contribution >= 0.6 is 0 Å². The highest BCUT2D eigenvalue weighted by Crippen LogP contribution is 2.41. The van der Waals surface area contributed by atoms with Crippen molar-refractivity contribution >= 4 is 38.8 Å². The summed E-state index contributed by atoms with van der Waals surface area (Å²) in [6, 6.07) is 6.22. The molecule has 2 aliphatic rings. The minimum atomic E-state index is -0.417. The number of rotatable bonds is 7. The van der Waals surface area contributed by atoms with Gasteiger partial charge in [0.2, 0.25) is 0 Å². The van der Waals surface area contributed by atoms with Gasteiger partial charge < -0.3 is 29.0 Å². The maximum Gasteiger partial charge on any atom is 0.151 e. The molecule has 1 N–H and O–H groups in total. The second kappa shape index (κ2) is 10.3. The monoisotopic (exact) mass is 516 g/mol. The van der Waals surface area contributed by atoms with Gasteiger partial charge in [-0.15, -0.1) is 10.7 Å². The summed E-state index contributed by atoms with van der Waals surface area (Å²) in [5, 5.41) is 4.09. The number of aryl methyl sites for hydroxylation is 1. The number of benzene rings is 2. The fourth-order valence-electron chi connectivity index (χ4n) is 4.72. The van der Waals surface area contributed by atoms with Crippen molar-refractivity contribution in [1.29, 1.82) is 0 Å². The number of hydrogen-bond acceptors (Lipinski definition) is 9. The second-order valence-corrected chi connectivity index (χ2v) is 10.6. The highest BCUT2D eigenvalue weighted by Gasteiger charge is 2.49. The zero-order valence-electron chi connectivity index (χ0n) is 20.8. The van der Waals surface area contributed by atoms with Crippen LogP contribution in [-0.4, -0.2) is 74.3 Å². The topological polar surface area (TPSA) is 96.3 Å². The molecule has 0 amide bonds. The summed E-state index contributed by atoms with van der Waals surface area (Å²) in [6.45, 7) is 2.69. The van der Waals surface area contributed by atoms with Gasteiger partial charge in [0.25, 0.3) is 0 Å². The zero-order valence-corrected chi connectivity index (χ0v) is 21.6. The van der Waals surface area contributed by atoms with Crippen molar-refractivity contribution < 1.29 is 28.1 Å². The maximum absolute atomic E-state index is 14.3. The zero-order chi connectivity index (χ0) is 25.4. The molecule has 2 aromatic carbocycles. The molecule has 5 rings (SSSR count). The molecule has 11 heteroatoms. The van der Waals surface area contributed by atoms with Gasteiger partial charge in [0, 0.05) is 24.1 Å². The van der Waals surface area contributed by atoms with Crippen LogP contribution in [0.25, 0.3) is 10.9 Å². The first-order valence-corrected chi connectivity index (χ1v) is 13.5. The van der Waals surface area contributed by atoms with E-state index >= 15 is 0 Å². The Morgan fingerprint density at radius 1 is 1.08 bits per heavy atom. The summed E-state index contributed by atoms with van der Waals surface area (Å²) in [6.07, 6.45) is 4.50. The van der Waals surface area contributed by atoms with Crippen LogP contribution in [0.1, 0.15) is 5.56 Å². The lowest BCUT2D eigenvalue weighted by atomic mass is 10.1. The van der Waals surface area contributed by atoms with Crippen LogP contribution in [-0.2, 0) is 24.9 Å². The molecule has 4 atom stereocenters. The van der Waals surface area contributed by atoms with Gasteiger partial charge in [0.1, 0.15) is 53.5 Å². The van der Waals surface area contributed by atoms with Gasteiger partial charge in [-0.25, -0.2) is 18.7 Å². The first-order valence-electron chi connectivity index (χ1n) is 11.5. The third kappa shape index (κ3) is 4.63. The Labute approximate surface area is 211 Å². The van der Waals surface area contributed by atoms with Gasteiger partial charge in [-0.1, -0.05) is 0 Å². The van der Waals surface area contributed by atoms with E-state index in [1.54, 1.807) is 20.3 Å². The molecular formula is C25H29FN4O5S. The number of aromatic nitrogens is 2. The molecule has 0 aliphatic carbocycles. The van der Waals surface area contributed by atoms with Crippen molar-refractivity contribution in [2.45, 2.75) is 31.3 Å². The highest BCUT2D eigenvalue weighted by molar-refractivity contribution is 7.85. The number of methoxy groups -OCH3 is 2. The van der Waals surface area contributed by atoms with E-state index in [0.29, 0.717) is 36.2 Å². The Morgan fingerprint density at radius 3 is 2.56 bits per heavy atom.